The van der Waals surface area contributed by atoms with Crippen LogP contribution in [0.2, 0.25) is 0 Å². The van der Waals surface area contributed by atoms with Crippen LogP contribution < -0.4 is 0 Å². The monoisotopic (exact) mass is 716 g/mol. The zero-order chi connectivity index (χ0) is 37.1. The van der Waals surface area contributed by atoms with Crippen molar-refractivity contribution in [3.63, 3.8) is 0 Å². The first-order valence-electron chi connectivity index (χ1n) is 21.4. The van der Waals surface area contributed by atoms with E-state index in [-0.39, 0.29) is 14.9 Å². The molecule has 3 saturated carbocycles. The molecule has 51 heavy (non-hydrogen) atoms. The van der Waals surface area contributed by atoms with E-state index >= 15 is 0 Å². The lowest BCUT2D eigenvalue weighted by molar-refractivity contribution is -0.0758. The molecule has 0 aromatic heterocycles. The van der Waals surface area contributed by atoms with Crippen molar-refractivity contribution in [3.8, 4) is 0 Å². The Morgan fingerprint density at radius 1 is 0.373 bits per heavy atom. The fraction of sp³-hybridized carbons (Fsp3) is 1.00. The van der Waals surface area contributed by atoms with Crippen LogP contribution in [0.3, 0.4) is 0 Å². The smallest absolute Gasteiger partial charge is 0.0128 e. The minimum atomic E-state index is 0. The van der Waals surface area contributed by atoms with Gasteiger partial charge >= 0.3 is 0 Å². The SMILES string of the molecule is C.C.CC(C)(C)C1C2CCC1CN(C(C)(C)C)C2.CC(C)(C)C1C2CCCC1CN(C(C)(C)C)C2.CC(C)(C)C1CC2CCC1CN2C(C)(C)C. The average molecular weight is 716 g/mol. The first-order valence-corrected chi connectivity index (χ1v) is 21.4. The van der Waals surface area contributed by atoms with E-state index in [1.54, 1.807) is 0 Å². The van der Waals surface area contributed by atoms with E-state index in [0.717, 1.165) is 53.4 Å². The summed E-state index contributed by atoms with van der Waals surface area (Å²) in [5.41, 5.74) is 2.61. The second-order valence-electron chi connectivity index (χ2n) is 24.5. The van der Waals surface area contributed by atoms with Crippen LogP contribution >= 0.6 is 0 Å². The summed E-state index contributed by atoms with van der Waals surface area (Å²) in [4.78, 5) is 8.23. The molecule has 3 aliphatic carbocycles. The summed E-state index contributed by atoms with van der Waals surface area (Å²) in [6.07, 6.45) is 11.7. The Morgan fingerprint density at radius 2 is 0.725 bits per heavy atom. The Kier molecular flexibility index (Phi) is 15.3. The van der Waals surface area contributed by atoms with Crippen molar-refractivity contribution >= 4 is 0 Å². The molecule has 0 spiro atoms. The lowest BCUT2D eigenvalue weighted by atomic mass is 9.59. The zero-order valence-corrected chi connectivity index (χ0v) is 36.7. The van der Waals surface area contributed by atoms with Crippen molar-refractivity contribution in [2.45, 2.75) is 214 Å². The molecule has 0 aromatic rings. The van der Waals surface area contributed by atoms with Gasteiger partial charge in [0, 0.05) is 55.4 Å². The highest BCUT2D eigenvalue weighted by molar-refractivity contribution is 5.02. The molecule has 7 unspecified atom stereocenters. The molecule has 4 saturated heterocycles. The summed E-state index contributed by atoms with van der Waals surface area (Å²) >= 11 is 0. The minimum Gasteiger partial charge on any atom is -0.298 e. The van der Waals surface area contributed by atoms with Crippen molar-refractivity contribution in [3.05, 3.63) is 0 Å². The number of hydrogen-bond acceptors (Lipinski definition) is 3. The molecule has 304 valence electrons. The van der Waals surface area contributed by atoms with Gasteiger partial charge in [-0.2, -0.15) is 0 Å². The summed E-state index contributed by atoms with van der Waals surface area (Å²) in [6.45, 7) is 50.0. The van der Waals surface area contributed by atoms with E-state index < -0.39 is 0 Å². The first kappa shape index (κ1) is 47.0. The van der Waals surface area contributed by atoms with Gasteiger partial charge < -0.3 is 0 Å². The minimum absolute atomic E-state index is 0. The Hall–Kier alpha value is -0.120. The van der Waals surface area contributed by atoms with Gasteiger partial charge in [0.05, 0.1) is 0 Å². The third kappa shape index (κ3) is 11.5. The van der Waals surface area contributed by atoms with E-state index in [0.29, 0.717) is 32.9 Å². The molecule has 0 aromatic carbocycles. The van der Waals surface area contributed by atoms with Crippen LogP contribution in [0.15, 0.2) is 0 Å². The fourth-order valence-electron chi connectivity index (χ4n) is 12.6. The van der Waals surface area contributed by atoms with Crippen LogP contribution in [0.1, 0.15) is 191 Å². The molecule has 4 aliphatic heterocycles. The maximum atomic E-state index is 2.77. The van der Waals surface area contributed by atoms with Gasteiger partial charge in [-0.15, -0.1) is 0 Å². The number of likely N-dealkylation sites (tertiary alicyclic amines) is 2. The average Bonchev–Trinajstić information content (AvgIpc) is 3.21. The molecular weight excluding hydrogens is 619 g/mol. The van der Waals surface area contributed by atoms with Crippen LogP contribution in [0.4, 0.5) is 0 Å². The van der Waals surface area contributed by atoms with E-state index in [4.69, 9.17) is 0 Å². The van der Waals surface area contributed by atoms with Crippen molar-refractivity contribution in [1.29, 1.82) is 0 Å². The maximum absolute atomic E-state index is 2.77. The van der Waals surface area contributed by atoms with Crippen molar-refractivity contribution in [1.82, 2.24) is 14.7 Å². The molecule has 7 aliphatic rings. The molecule has 7 rings (SSSR count). The molecule has 3 nitrogen and oxygen atoms in total. The Balaban J connectivity index is 0.000000260. The van der Waals surface area contributed by atoms with E-state index in [1.165, 1.54) is 84.1 Å². The molecule has 0 radical (unpaired) electrons. The predicted octanol–water partition coefficient (Wildman–Crippen LogP) is 13.2. The quantitative estimate of drug-likeness (QED) is 0.247. The normalized spacial score (nSPS) is 35.1. The van der Waals surface area contributed by atoms with Gasteiger partial charge in [-0.25, -0.2) is 0 Å². The highest BCUT2D eigenvalue weighted by atomic mass is 15.2. The Morgan fingerprint density at radius 3 is 1.00 bits per heavy atom. The number of piperidine rings is 4. The summed E-state index contributed by atoms with van der Waals surface area (Å²) in [7, 11) is 0. The van der Waals surface area contributed by atoms with Gasteiger partial charge in [0.1, 0.15) is 0 Å². The molecule has 0 amide bonds. The van der Waals surface area contributed by atoms with Crippen LogP contribution in [-0.2, 0) is 0 Å². The largest absolute Gasteiger partial charge is 0.298 e. The molecule has 6 bridgehead atoms. The summed E-state index contributed by atoms with van der Waals surface area (Å²) in [5.74, 6) is 7.62. The molecular formula is C48H97N3. The summed E-state index contributed by atoms with van der Waals surface area (Å²) in [6, 6.07) is 0.856. The van der Waals surface area contributed by atoms with E-state index in [1.807, 2.05) is 0 Å². The first-order chi connectivity index (χ1) is 22.1. The van der Waals surface area contributed by atoms with Gasteiger partial charge in [-0.1, -0.05) is 83.6 Å². The predicted molar refractivity (Wildman–Crippen MR) is 230 cm³/mol. The highest BCUT2D eigenvalue weighted by Gasteiger charge is 2.50. The second kappa shape index (κ2) is 16.5. The zero-order valence-electron chi connectivity index (χ0n) is 36.7. The van der Waals surface area contributed by atoms with Crippen molar-refractivity contribution in [2.75, 3.05) is 32.7 Å². The van der Waals surface area contributed by atoms with Crippen LogP contribution in [0.25, 0.3) is 0 Å². The van der Waals surface area contributed by atoms with Gasteiger partial charge in [0.25, 0.3) is 0 Å². The summed E-state index contributed by atoms with van der Waals surface area (Å²) in [5, 5.41) is 0. The number of fused-ring (bicyclic) bond motifs is 7. The van der Waals surface area contributed by atoms with E-state index in [9.17, 15) is 0 Å². The second-order valence-corrected chi connectivity index (χ2v) is 24.5. The fourth-order valence-corrected chi connectivity index (χ4v) is 12.6. The number of rotatable bonds is 0. The Labute approximate surface area is 323 Å². The van der Waals surface area contributed by atoms with Crippen LogP contribution in [0, 0.1) is 63.6 Å². The third-order valence-electron chi connectivity index (χ3n) is 14.6. The molecule has 0 N–H and O–H groups in total. The molecule has 7 atom stereocenters. The van der Waals surface area contributed by atoms with Crippen molar-refractivity contribution < 1.29 is 0 Å². The van der Waals surface area contributed by atoms with Gasteiger partial charge in [-0.3, -0.25) is 14.7 Å². The Bertz CT molecular complexity index is 985. The van der Waals surface area contributed by atoms with Crippen LogP contribution in [-0.4, -0.2) is 70.1 Å². The lowest BCUT2D eigenvalue weighted by Gasteiger charge is -2.57. The molecule has 4 heterocycles. The number of hydrogen-bond donors (Lipinski definition) is 0. The topological polar surface area (TPSA) is 9.72 Å². The van der Waals surface area contributed by atoms with E-state index in [2.05, 4.69) is 139 Å². The highest BCUT2D eigenvalue weighted by Crippen LogP contribution is 2.52. The molecule has 3 heteroatoms. The van der Waals surface area contributed by atoms with Gasteiger partial charge in [-0.05, 0) is 171 Å². The van der Waals surface area contributed by atoms with Crippen molar-refractivity contribution in [2.24, 2.45) is 63.6 Å². The third-order valence-corrected chi connectivity index (χ3v) is 14.6. The van der Waals surface area contributed by atoms with Crippen LogP contribution in [0.5, 0.6) is 0 Å². The summed E-state index contributed by atoms with van der Waals surface area (Å²) < 4.78 is 0. The standard InChI is InChI=1S/C16H31N.2C15H29N.2CH4/c1-15(2,3)14-12-8-7-9-13(14)11-17(10-12)16(4,5)6;1-14(2,3)13-9-12-8-7-11(13)10-16(12)15(4,5)6;1-14(2,3)13-11-7-8-12(13)10-16(9-11)15(4,5)6;;/h12-14H,7-11H2,1-6H3;2*11-13H,7-10H2,1-6H3;2*1H4. The maximum Gasteiger partial charge on any atom is 0.0128 e. The van der Waals surface area contributed by atoms with Gasteiger partial charge in [0.15, 0.2) is 0 Å². The molecule has 7 fully saturated rings. The number of nitrogens with zero attached hydrogens (tertiary/aromatic N) is 3. The lowest BCUT2D eigenvalue weighted by Crippen LogP contribution is -2.60. The van der Waals surface area contributed by atoms with Gasteiger partial charge in [0.2, 0.25) is 0 Å².